The second-order valence-corrected chi connectivity index (χ2v) is 10.8. The van der Waals surface area contributed by atoms with E-state index in [-0.39, 0.29) is 16.7 Å². The smallest absolute Gasteiger partial charge is 0.353 e. The van der Waals surface area contributed by atoms with Crippen LogP contribution in [-0.4, -0.2) is 104 Å². The number of nitrogens with zero attached hydrogens (tertiary/aromatic N) is 8. The maximum absolute atomic E-state index is 13.9. The monoisotopic (exact) mass is 606 g/mol. The molecule has 0 unspecified atom stereocenters. The van der Waals surface area contributed by atoms with E-state index in [9.17, 15) is 22.4 Å². The first kappa shape index (κ1) is 29.8. The third kappa shape index (κ3) is 6.67. The number of anilines is 3. The molecule has 2 fully saturated rings. The average molecular weight is 607 g/mol. The third-order valence-corrected chi connectivity index (χ3v) is 7.71. The van der Waals surface area contributed by atoms with Gasteiger partial charge in [0.1, 0.15) is 17.5 Å². The van der Waals surface area contributed by atoms with Gasteiger partial charge in [-0.1, -0.05) is 11.6 Å². The van der Waals surface area contributed by atoms with E-state index in [4.69, 9.17) is 21.6 Å². The predicted molar refractivity (Wildman–Crippen MR) is 153 cm³/mol. The van der Waals surface area contributed by atoms with Crippen LogP contribution in [0.25, 0.3) is 11.3 Å². The summed E-state index contributed by atoms with van der Waals surface area (Å²) in [6, 6.07) is 8.50. The van der Waals surface area contributed by atoms with Gasteiger partial charge >= 0.3 is 6.18 Å². The Bertz CT molecular complexity index is 1420. The lowest BCUT2D eigenvalue weighted by Crippen LogP contribution is -2.50. The molecular formula is C28H31ClF4N8O. The standard InChI is InChI=1S/C28H31ClF4N8O/c1-37(2)25(42)18-38-8-10-41(11-9-38)27-35-23(19-5-6-22(30)21(29)16-19)17-24(36-27)39-12-14-40(15-13-39)26-20(28(31,32)33)4-3-7-34-26/h3-7,16-17H,8-15,18H2,1-2H3. The number of pyridine rings is 1. The summed E-state index contributed by atoms with van der Waals surface area (Å²) < 4.78 is 54.7. The molecule has 0 bridgehead atoms. The van der Waals surface area contributed by atoms with Crippen LogP contribution in [0.15, 0.2) is 42.6 Å². The van der Waals surface area contributed by atoms with E-state index in [0.29, 0.717) is 81.9 Å². The van der Waals surface area contributed by atoms with Crippen molar-refractivity contribution in [2.75, 3.05) is 87.7 Å². The molecule has 5 rings (SSSR count). The summed E-state index contributed by atoms with van der Waals surface area (Å²) in [5, 5.41) is -0.0298. The molecule has 1 amide bonds. The normalized spacial score (nSPS) is 16.6. The molecule has 0 aliphatic carbocycles. The van der Waals surface area contributed by atoms with Gasteiger partial charge in [-0.2, -0.15) is 18.2 Å². The lowest BCUT2D eigenvalue weighted by Gasteiger charge is -2.38. The minimum Gasteiger partial charge on any atom is -0.353 e. The molecule has 0 atom stereocenters. The van der Waals surface area contributed by atoms with Gasteiger partial charge in [0, 0.05) is 84.3 Å². The van der Waals surface area contributed by atoms with E-state index >= 15 is 0 Å². The topological polar surface area (TPSA) is 71.9 Å². The molecule has 2 aromatic heterocycles. The highest BCUT2D eigenvalue weighted by Gasteiger charge is 2.36. The van der Waals surface area contributed by atoms with Gasteiger partial charge in [-0.05, 0) is 30.3 Å². The minimum absolute atomic E-state index is 0.0298. The number of hydrogen-bond donors (Lipinski definition) is 0. The molecule has 0 radical (unpaired) electrons. The SMILES string of the molecule is CN(C)C(=O)CN1CCN(c2nc(-c3ccc(F)c(Cl)c3)cc(N3CCN(c4ncccc4C(F)(F)F)CC3)n2)CC1. The Kier molecular flexibility index (Phi) is 8.69. The second kappa shape index (κ2) is 12.3. The van der Waals surface area contributed by atoms with Crippen molar-refractivity contribution in [1.29, 1.82) is 0 Å². The lowest BCUT2D eigenvalue weighted by atomic mass is 10.1. The summed E-state index contributed by atoms with van der Waals surface area (Å²) in [6.07, 6.45) is -3.14. The molecule has 0 saturated carbocycles. The predicted octanol–water partition coefficient (Wildman–Crippen LogP) is 3.89. The van der Waals surface area contributed by atoms with Crippen molar-refractivity contribution in [2.24, 2.45) is 0 Å². The van der Waals surface area contributed by atoms with Gasteiger partial charge in [0.25, 0.3) is 0 Å². The van der Waals surface area contributed by atoms with Gasteiger partial charge in [0.2, 0.25) is 11.9 Å². The third-order valence-electron chi connectivity index (χ3n) is 7.42. The molecule has 14 heteroatoms. The molecule has 2 aliphatic rings. The van der Waals surface area contributed by atoms with Crippen LogP contribution in [0.3, 0.4) is 0 Å². The van der Waals surface area contributed by atoms with Crippen LogP contribution in [0.4, 0.5) is 35.1 Å². The number of aromatic nitrogens is 3. The fourth-order valence-electron chi connectivity index (χ4n) is 4.99. The largest absolute Gasteiger partial charge is 0.419 e. The summed E-state index contributed by atoms with van der Waals surface area (Å²) in [5.74, 6) is 0.497. The van der Waals surface area contributed by atoms with E-state index < -0.39 is 17.6 Å². The fraction of sp³-hybridized carbons (Fsp3) is 0.429. The summed E-state index contributed by atoms with van der Waals surface area (Å²) in [4.78, 5) is 35.1. The number of carbonyl (C=O) groups is 1. The van der Waals surface area contributed by atoms with E-state index in [2.05, 4.69) is 9.88 Å². The molecule has 0 N–H and O–H groups in total. The van der Waals surface area contributed by atoms with Gasteiger partial charge in [-0.25, -0.2) is 14.4 Å². The zero-order chi connectivity index (χ0) is 30.0. The summed E-state index contributed by atoms with van der Waals surface area (Å²) in [6.45, 7) is 4.28. The van der Waals surface area contributed by atoms with Crippen LogP contribution in [0.2, 0.25) is 5.02 Å². The number of halogens is 5. The Balaban J connectivity index is 1.38. The highest BCUT2D eigenvalue weighted by molar-refractivity contribution is 6.31. The maximum Gasteiger partial charge on any atom is 0.419 e. The van der Waals surface area contributed by atoms with E-state index in [1.54, 1.807) is 36.0 Å². The molecular weight excluding hydrogens is 576 g/mol. The summed E-state index contributed by atoms with van der Waals surface area (Å²) >= 11 is 6.07. The van der Waals surface area contributed by atoms with E-state index in [1.807, 2.05) is 9.80 Å². The Hall–Kier alpha value is -3.71. The van der Waals surface area contributed by atoms with Crippen molar-refractivity contribution < 1.29 is 22.4 Å². The van der Waals surface area contributed by atoms with Crippen molar-refractivity contribution in [1.82, 2.24) is 24.8 Å². The van der Waals surface area contributed by atoms with Crippen LogP contribution in [-0.2, 0) is 11.0 Å². The number of rotatable bonds is 6. The van der Waals surface area contributed by atoms with Crippen LogP contribution >= 0.6 is 11.6 Å². The number of piperazine rings is 2. The summed E-state index contributed by atoms with van der Waals surface area (Å²) in [5.41, 5.74) is 0.404. The Labute approximate surface area is 246 Å². The first-order valence-corrected chi connectivity index (χ1v) is 13.9. The zero-order valence-electron chi connectivity index (χ0n) is 23.3. The molecule has 3 aromatic rings. The number of amides is 1. The molecule has 0 spiro atoms. The van der Waals surface area contributed by atoms with Crippen LogP contribution in [0.1, 0.15) is 5.56 Å². The maximum atomic E-state index is 13.9. The Morgan fingerprint density at radius 1 is 0.929 bits per heavy atom. The first-order chi connectivity index (χ1) is 20.0. The zero-order valence-corrected chi connectivity index (χ0v) is 24.0. The van der Waals surface area contributed by atoms with Crippen molar-refractivity contribution in [3.63, 3.8) is 0 Å². The number of alkyl halides is 3. The molecule has 1 aromatic carbocycles. The van der Waals surface area contributed by atoms with Gasteiger partial charge in [-0.15, -0.1) is 0 Å². The molecule has 2 aliphatic heterocycles. The number of benzene rings is 1. The molecule has 9 nitrogen and oxygen atoms in total. The number of carbonyl (C=O) groups excluding carboxylic acids is 1. The molecule has 224 valence electrons. The molecule has 42 heavy (non-hydrogen) atoms. The van der Waals surface area contributed by atoms with Crippen molar-refractivity contribution >= 4 is 35.1 Å². The molecule has 2 saturated heterocycles. The fourth-order valence-corrected chi connectivity index (χ4v) is 5.17. The van der Waals surface area contributed by atoms with Gasteiger partial charge in [0.15, 0.2) is 0 Å². The Morgan fingerprint density at radius 3 is 2.24 bits per heavy atom. The van der Waals surface area contributed by atoms with E-state index in [0.717, 1.165) is 6.07 Å². The van der Waals surface area contributed by atoms with Gasteiger partial charge in [-0.3, -0.25) is 9.69 Å². The highest BCUT2D eigenvalue weighted by Crippen LogP contribution is 2.36. The minimum atomic E-state index is -4.50. The van der Waals surface area contributed by atoms with Crippen LogP contribution < -0.4 is 14.7 Å². The lowest BCUT2D eigenvalue weighted by molar-refractivity contribution is -0.137. The average Bonchev–Trinajstić information content (AvgIpc) is 2.98. The van der Waals surface area contributed by atoms with E-state index in [1.165, 1.54) is 24.4 Å². The quantitative estimate of drug-likeness (QED) is 0.392. The van der Waals surface area contributed by atoms with Crippen LogP contribution in [0.5, 0.6) is 0 Å². The second-order valence-electron chi connectivity index (χ2n) is 10.4. The first-order valence-electron chi connectivity index (χ1n) is 13.5. The number of likely N-dealkylation sites (N-methyl/N-ethyl adjacent to an activating group) is 1. The molecule has 4 heterocycles. The number of hydrogen-bond acceptors (Lipinski definition) is 8. The van der Waals surface area contributed by atoms with Crippen molar-refractivity contribution in [3.05, 3.63) is 59.0 Å². The highest BCUT2D eigenvalue weighted by atomic mass is 35.5. The van der Waals surface area contributed by atoms with Crippen molar-refractivity contribution in [2.45, 2.75) is 6.18 Å². The summed E-state index contributed by atoms with van der Waals surface area (Å²) in [7, 11) is 3.46. The van der Waals surface area contributed by atoms with Gasteiger partial charge < -0.3 is 19.6 Å². The van der Waals surface area contributed by atoms with Crippen molar-refractivity contribution in [3.8, 4) is 11.3 Å². The Morgan fingerprint density at radius 2 is 1.60 bits per heavy atom. The van der Waals surface area contributed by atoms with Gasteiger partial charge in [0.05, 0.1) is 22.8 Å². The van der Waals surface area contributed by atoms with Crippen LogP contribution in [0, 0.1) is 5.82 Å².